The highest BCUT2D eigenvalue weighted by Crippen LogP contribution is 2.46. The van der Waals surface area contributed by atoms with Crippen molar-refractivity contribution in [1.29, 1.82) is 0 Å². The summed E-state index contributed by atoms with van der Waals surface area (Å²) >= 11 is 6.16. The van der Waals surface area contributed by atoms with Crippen LogP contribution in [0.5, 0.6) is 17.2 Å². The van der Waals surface area contributed by atoms with Gasteiger partial charge >= 0.3 is 5.97 Å². The van der Waals surface area contributed by atoms with Gasteiger partial charge in [-0.15, -0.1) is 0 Å². The van der Waals surface area contributed by atoms with Crippen LogP contribution in [0.25, 0.3) is 5.69 Å². The Kier molecular flexibility index (Phi) is 5.24. The minimum Gasteiger partial charge on any atom is -0.502 e. The predicted molar refractivity (Wildman–Crippen MR) is 114 cm³/mol. The number of amides is 1. The first-order valence-corrected chi connectivity index (χ1v) is 9.71. The number of ether oxygens (including phenoxy) is 2. The highest BCUT2D eigenvalue weighted by atomic mass is 35.5. The van der Waals surface area contributed by atoms with E-state index in [4.69, 9.17) is 21.1 Å². The van der Waals surface area contributed by atoms with Crippen molar-refractivity contribution in [3.63, 3.8) is 0 Å². The number of halogens is 1. The zero-order valence-corrected chi connectivity index (χ0v) is 17.4. The number of carboxylic acids is 1. The average Bonchev–Trinajstić information content (AvgIpc) is 3.13. The fourth-order valence-corrected chi connectivity index (χ4v) is 4.04. The van der Waals surface area contributed by atoms with Gasteiger partial charge in [0.05, 0.1) is 25.6 Å². The molecule has 0 radical (unpaired) electrons. The Hall–Kier alpha value is -3.65. The van der Waals surface area contributed by atoms with Gasteiger partial charge < -0.3 is 29.6 Å². The molecule has 0 saturated carbocycles. The first kappa shape index (κ1) is 20.6. The van der Waals surface area contributed by atoms with Crippen LogP contribution < -0.4 is 14.8 Å². The van der Waals surface area contributed by atoms with E-state index in [9.17, 15) is 19.8 Å². The number of nitrogens with one attached hydrogen (secondary N) is 1. The lowest BCUT2D eigenvalue weighted by Crippen LogP contribution is -2.25. The van der Waals surface area contributed by atoms with Gasteiger partial charge in [-0.1, -0.05) is 17.7 Å². The molecule has 2 aromatic carbocycles. The van der Waals surface area contributed by atoms with Crippen molar-refractivity contribution in [2.75, 3.05) is 19.5 Å². The zero-order valence-electron chi connectivity index (χ0n) is 16.7. The minimum atomic E-state index is -1.17. The Morgan fingerprint density at radius 3 is 2.45 bits per heavy atom. The standard InChI is InChI=1S/C22H19ClN2O6/c1-30-16-6-11(7-17(31-2)21(16)27)14-9-18(26)24-19-15(22(28)29)10-25(20(14)19)13-5-3-4-12(23)8-13/h3-8,10,14,27H,9H2,1-2H3,(H,24,26)(H,28,29). The summed E-state index contributed by atoms with van der Waals surface area (Å²) in [6, 6.07) is 10.2. The number of phenols is 1. The maximum absolute atomic E-state index is 12.5. The number of aromatic carboxylic acids is 1. The van der Waals surface area contributed by atoms with E-state index in [2.05, 4.69) is 5.32 Å². The molecule has 3 N–H and O–H groups in total. The highest BCUT2D eigenvalue weighted by molar-refractivity contribution is 6.30. The van der Waals surface area contributed by atoms with Crippen molar-refractivity contribution in [2.24, 2.45) is 0 Å². The van der Waals surface area contributed by atoms with Crippen molar-refractivity contribution in [1.82, 2.24) is 4.57 Å². The molecule has 31 heavy (non-hydrogen) atoms. The summed E-state index contributed by atoms with van der Waals surface area (Å²) in [6.45, 7) is 0. The molecule has 3 aromatic rings. The molecular weight excluding hydrogens is 424 g/mol. The van der Waals surface area contributed by atoms with Crippen LogP contribution >= 0.6 is 11.6 Å². The molecule has 1 aliphatic heterocycles. The molecule has 1 amide bonds. The Morgan fingerprint density at radius 1 is 1.19 bits per heavy atom. The molecule has 8 nitrogen and oxygen atoms in total. The fraction of sp³-hybridized carbons (Fsp3) is 0.182. The summed E-state index contributed by atoms with van der Waals surface area (Å²) in [5.41, 5.74) is 2.04. The van der Waals surface area contributed by atoms with Crippen molar-refractivity contribution in [2.45, 2.75) is 12.3 Å². The van der Waals surface area contributed by atoms with Crippen LogP contribution in [-0.2, 0) is 4.79 Å². The Balaban J connectivity index is 1.99. The number of carbonyl (C=O) groups excluding carboxylic acids is 1. The van der Waals surface area contributed by atoms with Crippen LogP contribution in [-0.4, -0.2) is 40.9 Å². The maximum atomic E-state index is 12.5. The molecule has 1 aromatic heterocycles. The highest BCUT2D eigenvalue weighted by Gasteiger charge is 2.35. The Labute approximate surface area is 182 Å². The number of phenolic OH excluding ortho intramolecular Hbond substituents is 1. The average molecular weight is 443 g/mol. The van der Waals surface area contributed by atoms with Gasteiger partial charge in [-0.25, -0.2) is 4.79 Å². The van der Waals surface area contributed by atoms with E-state index in [0.717, 1.165) is 0 Å². The summed E-state index contributed by atoms with van der Waals surface area (Å²) in [7, 11) is 2.82. The number of anilines is 1. The van der Waals surface area contributed by atoms with Crippen molar-refractivity contribution >= 4 is 29.2 Å². The van der Waals surface area contributed by atoms with Crippen molar-refractivity contribution < 1.29 is 29.3 Å². The van der Waals surface area contributed by atoms with Gasteiger partial charge in [0, 0.05) is 29.2 Å². The number of hydrogen-bond acceptors (Lipinski definition) is 5. The first-order chi connectivity index (χ1) is 14.8. The second-order valence-corrected chi connectivity index (χ2v) is 7.47. The van der Waals surface area contributed by atoms with Crippen molar-refractivity contribution in [3.8, 4) is 22.9 Å². The third-order valence-corrected chi connectivity index (χ3v) is 5.48. The molecule has 2 heterocycles. The number of benzene rings is 2. The van der Waals surface area contributed by atoms with E-state index in [1.807, 2.05) is 0 Å². The molecule has 1 atom stereocenters. The number of nitrogens with zero attached hydrogens (tertiary/aromatic N) is 1. The van der Waals surface area contributed by atoms with E-state index in [-0.39, 0.29) is 40.8 Å². The molecule has 0 saturated heterocycles. The number of rotatable bonds is 5. The van der Waals surface area contributed by atoms with E-state index in [1.54, 1.807) is 41.0 Å². The van der Waals surface area contributed by atoms with Crippen molar-refractivity contribution in [3.05, 3.63) is 64.4 Å². The molecule has 1 aliphatic rings. The normalized spacial score (nSPS) is 15.2. The van der Waals surface area contributed by atoms with E-state index < -0.39 is 11.9 Å². The summed E-state index contributed by atoms with van der Waals surface area (Å²) in [5, 5.41) is 23.2. The van der Waals surface area contributed by atoms with Gasteiger partial charge in [-0.2, -0.15) is 0 Å². The lowest BCUT2D eigenvalue weighted by Gasteiger charge is -2.27. The molecule has 0 fully saturated rings. The number of fused-ring (bicyclic) bond motifs is 1. The SMILES string of the molecule is COc1cc(C2CC(=O)Nc3c(C(=O)O)cn(-c4cccc(Cl)c4)c32)cc(OC)c1O. The van der Waals surface area contributed by atoms with Gasteiger partial charge in [-0.05, 0) is 35.9 Å². The summed E-state index contributed by atoms with van der Waals surface area (Å²) in [6.07, 6.45) is 1.53. The molecule has 160 valence electrons. The second-order valence-electron chi connectivity index (χ2n) is 7.04. The largest absolute Gasteiger partial charge is 0.502 e. The molecule has 0 bridgehead atoms. The molecule has 0 spiro atoms. The molecular formula is C22H19ClN2O6. The fourth-order valence-electron chi connectivity index (χ4n) is 3.86. The molecule has 1 unspecified atom stereocenters. The number of methoxy groups -OCH3 is 2. The third kappa shape index (κ3) is 3.55. The van der Waals surface area contributed by atoms with Crippen LogP contribution in [0.2, 0.25) is 5.02 Å². The van der Waals surface area contributed by atoms with E-state index in [1.165, 1.54) is 20.4 Å². The van der Waals surface area contributed by atoms with Crippen LogP contribution in [0.1, 0.15) is 34.0 Å². The molecule has 4 rings (SSSR count). The Bertz CT molecular complexity index is 1180. The number of aromatic nitrogens is 1. The number of hydrogen-bond donors (Lipinski definition) is 3. The topological polar surface area (TPSA) is 110 Å². The monoisotopic (exact) mass is 442 g/mol. The van der Waals surface area contributed by atoms with Gasteiger partial charge in [0.2, 0.25) is 11.7 Å². The smallest absolute Gasteiger partial charge is 0.339 e. The van der Waals surface area contributed by atoms with Crippen LogP contribution in [0, 0.1) is 0 Å². The van der Waals surface area contributed by atoms with Crippen LogP contribution in [0.4, 0.5) is 5.69 Å². The van der Waals surface area contributed by atoms with Crippen LogP contribution in [0.3, 0.4) is 0 Å². The number of aromatic hydroxyl groups is 1. The summed E-state index contributed by atoms with van der Waals surface area (Å²) < 4.78 is 12.2. The van der Waals surface area contributed by atoms with Crippen LogP contribution in [0.15, 0.2) is 42.6 Å². The lowest BCUT2D eigenvalue weighted by atomic mass is 9.87. The molecule has 9 heteroatoms. The van der Waals surface area contributed by atoms with Gasteiger partial charge in [0.15, 0.2) is 11.5 Å². The van der Waals surface area contributed by atoms with Gasteiger partial charge in [0.25, 0.3) is 0 Å². The quantitative estimate of drug-likeness (QED) is 0.550. The van der Waals surface area contributed by atoms with Gasteiger partial charge in [0.1, 0.15) is 5.56 Å². The molecule has 0 aliphatic carbocycles. The zero-order chi connectivity index (χ0) is 22.3. The second kappa shape index (κ2) is 7.88. The number of carbonyl (C=O) groups is 2. The Morgan fingerprint density at radius 2 is 1.87 bits per heavy atom. The first-order valence-electron chi connectivity index (χ1n) is 9.33. The minimum absolute atomic E-state index is 0.0364. The third-order valence-electron chi connectivity index (χ3n) is 5.25. The van der Waals surface area contributed by atoms with E-state index in [0.29, 0.717) is 22.0 Å². The summed E-state index contributed by atoms with van der Waals surface area (Å²) in [5.74, 6) is -1.82. The van der Waals surface area contributed by atoms with E-state index >= 15 is 0 Å². The van der Waals surface area contributed by atoms with Gasteiger partial charge in [-0.3, -0.25) is 4.79 Å². The maximum Gasteiger partial charge on any atom is 0.339 e. The lowest BCUT2D eigenvalue weighted by molar-refractivity contribution is -0.116. The predicted octanol–water partition coefficient (Wildman–Crippen LogP) is 4.03. The number of carboxylic acid groups (broad SMARTS) is 1. The summed E-state index contributed by atoms with van der Waals surface area (Å²) in [4.78, 5) is 24.4.